The van der Waals surface area contributed by atoms with Gasteiger partial charge in [-0.1, -0.05) is 18.2 Å². The van der Waals surface area contributed by atoms with Crippen molar-refractivity contribution < 1.29 is 19.1 Å². The standard InChI is InChI=1S/C13H14O4/c1-3-4-11-5-7-12(8-6-11)16-9-13(15)17-10(2)14/h3,5-8H,1,4,9H2,2H3. The van der Waals surface area contributed by atoms with Gasteiger partial charge in [0.2, 0.25) is 0 Å². The Morgan fingerprint density at radius 1 is 1.29 bits per heavy atom. The lowest BCUT2D eigenvalue weighted by molar-refractivity contribution is -0.159. The number of carbonyl (C=O) groups is 2. The summed E-state index contributed by atoms with van der Waals surface area (Å²) in [5.41, 5.74) is 1.11. The summed E-state index contributed by atoms with van der Waals surface area (Å²) in [6.07, 6.45) is 2.59. The molecule has 0 radical (unpaired) electrons. The smallest absolute Gasteiger partial charge is 0.351 e. The molecule has 1 aromatic carbocycles. The third-order valence-electron chi connectivity index (χ3n) is 1.92. The molecule has 0 saturated carbocycles. The SMILES string of the molecule is C=CCc1ccc(OCC(=O)OC(C)=O)cc1. The number of benzene rings is 1. The zero-order valence-corrected chi connectivity index (χ0v) is 9.64. The molecule has 17 heavy (non-hydrogen) atoms. The number of rotatable bonds is 5. The van der Waals surface area contributed by atoms with E-state index in [-0.39, 0.29) is 6.61 Å². The van der Waals surface area contributed by atoms with Crippen LogP contribution >= 0.6 is 0 Å². The summed E-state index contributed by atoms with van der Waals surface area (Å²) in [7, 11) is 0. The van der Waals surface area contributed by atoms with Crippen LogP contribution in [0.5, 0.6) is 5.75 Å². The van der Waals surface area contributed by atoms with Crippen LogP contribution in [0, 0.1) is 0 Å². The van der Waals surface area contributed by atoms with Gasteiger partial charge in [0.1, 0.15) is 5.75 Å². The zero-order valence-electron chi connectivity index (χ0n) is 9.64. The third-order valence-corrected chi connectivity index (χ3v) is 1.92. The molecular formula is C13H14O4. The second-order valence-corrected chi connectivity index (χ2v) is 3.39. The first-order chi connectivity index (χ1) is 8.11. The molecule has 4 heteroatoms. The van der Waals surface area contributed by atoms with Gasteiger partial charge in [-0.05, 0) is 24.1 Å². The minimum absolute atomic E-state index is 0.277. The van der Waals surface area contributed by atoms with Crippen molar-refractivity contribution in [2.75, 3.05) is 6.61 Å². The monoisotopic (exact) mass is 234 g/mol. The highest BCUT2D eigenvalue weighted by molar-refractivity contribution is 5.84. The Balaban J connectivity index is 2.44. The van der Waals surface area contributed by atoms with Crippen LogP contribution in [0.2, 0.25) is 0 Å². The normalized spacial score (nSPS) is 9.47. The molecule has 0 fully saturated rings. The largest absolute Gasteiger partial charge is 0.482 e. The van der Waals surface area contributed by atoms with Gasteiger partial charge in [-0.15, -0.1) is 6.58 Å². The quantitative estimate of drug-likeness (QED) is 0.443. The van der Waals surface area contributed by atoms with Crippen LogP contribution in [0.15, 0.2) is 36.9 Å². The van der Waals surface area contributed by atoms with Gasteiger partial charge in [0.05, 0.1) is 0 Å². The van der Waals surface area contributed by atoms with Gasteiger partial charge in [-0.2, -0.15) is 0 Å². The molecule has 0 aliphatic carbocycles. The Bertz CT molecular complexity index is 406. The molecule has 0 N–H and O–H groups in total. The van der Waals surface area contributed by atoms with Crippen molar-refractivity contribution in [2.24, 2.45) is 0 Å². The summed E-state index contributed by atoms with van der Waals surface area (Å²) in [6, 6.07) is 7.26. The molecule has 0 aromatic heterocycles. The fourth-order valence-corrected chi connectivity index (χ4v) is 1.22. The van der Waals surface area contributed by atoms with Crippen molar-refractivity contribution in [1.82, 2.24) is 0 Å². The second kappa shape index (κ2) is 6.48. The number of esters is 2. The van der Waals surface area contributed by atoms with E-state index in [4.69, 9.17) is 4.74 Å². The van der Waals surface area contributed by atoms with Gasteiger partial charge in [0.25, 0.3) is 0 Å². The first kappa shape index (κ1) is 13.0. The highest BCUT2D eigenvalue weighted by atomic mass is 16.6. The summed E-state index contributed by atoms with van der Waals surface area (Å²) < 4.78 is 9.47. The molecule has 4 nitrogen and oxygen atoms in total. The third kappa shape index (κ3) is 4.97. The Labute approximate surface area is 99.8 Å². The molecule has 0 saturated heterocycles. The van der Waals surface area contributed by atoms with Crippen molar-refractivity contribution in [1.29, 1.82) is 0 Å². The van der Waals surface area contributed by atoms with E-state index >= 15 is 0 Å². The highest BCUT2D eigenvalue weighted by Crippen LogP contribution is 2.12. The topological polar surface area (TPSA) is 52.6 Å². The maximum Gasteiger partial charge on any atom is 0.351 e. The first-order valence-corrected chi connectivity index (χ1v) is 5.15. The summed E-state index contributed by atoms with van der Waals surface area (Å²) in [4.78, 5) is 21.5. The lowest BCUT2D eigenvalue weighted by Crippen LogP contribution is -2.17. The van der Waals surface area contributed by atoms with Crippen LogP contribution in [0.1, 0.15) is 12.5 Å². The number of ether oxygens (including phenoxy) is 2. The fourth-order valence-electron chi connectivity index (χ4n) is 1.22. The summed E-state index contributed by atoms with van der Waals surface area (Å²) in [5, 5.41) is 0. The zero-order chi connectivity index (χ0) is 12.7. The van der Waals surface area contributed by atoms with Gasteiger partial charge in [-0.25, -0.2) is 4.79 Å². The van der Waals surface area contributed by atoms with Crippen molar-refractivity contribution in [3.63, 3.8) is 0 Å². The lowest BCUT2D eigenvalue weighted by atomic mass is 10.1. The minimum Gasteiger partial charge on any atom is -0.482 e. The predicted octanol–water partition coefficient (Wildman–Crippen LogP) is 1.88. The Morgan fingerprint density at radius 2 is 1.94 bits per heavy atom. The summed E-state index contributed by atoms with van der Waals surface area (Å²) >= 11 is 0. The average Bonchev–Trinajstić information content (AvgIpc) is 2.28. The molecule has 0 unspecified atom stereocenters. The Kier molecular flexibility index (Phi) is 4.94. The molecule has 0 aliphatic heterocycles. The van der Waals surface area contributed by atoms with Crippen molar-refractivity contribution in [3.05, 3.63) is 42.5 Å². The van der Waals surface area contributed by atoms with E-state index in [9.17, 15) is 9.59 Å². The molecule has 0 heterocycles. The van der Waals surface area contributed by atoms with Crippen molar-refractivity contribution >= 4 is 11.9 Å². The van der Waals surface area contributed by atoms with E-state index in [2.05, 4.69) is 11.3 Å². The average molecular weight is 234 g/mol. The van der Waals surface area contributed by atoms with Gasteiger partial charge >= 0.3 is 11.9 Å². The van der Waals surface area contributed by atoms with Gasteiger partial charge in [-0.3, -0.25) is 4.79 Å². The molecule has 0 aliphatic rings. The Morgan fingerprint density at radius 3 is 2.47 bits per heavy atom. The van der Waals surface area contributed by atoms with Gasteiger partial charge in [0, 0.05) is 6.92 Å². The maximum atomic E-state index is 11.0. The van der Waals surface area contributed by atoms with E-state index in [1.807, 2.05) is 12.1 Å². The van der Waals surface area contributed by atoms with E-state index < -0.39 is 11.9 Å². The number of allylic oxidation sites excluding steroid dienone is 1. The lowest BCUT2D eigenvalue weighted by Gasteiger charge is -2.05. The molecule has 90 valence electrons. The van der Waals surface area contributed by atoms with Crippen molar-refractivity contribution in [2.45, 2.75) is 13.3 Å². The summed E-state index contributed by atoms with van der Waals surface area (Å²) in [5.74, 6) is -0.786. The number of carbonyl (C=O) groups excluding carboxylic acids is 2. The predicted molar refractivity (Wildman–Crippen MR) is 62.6 cm³/mol. The van der Waals surface area contributed by atoms with E-state index in [0.29, 0.717) is 5.75 Å². The molecule has 0 amide bonds. The minimum atomic E-state index is -0.701. The van der Waals surface area contributed by atoms with Crippen LogP contribution in [0.25, 0.3) is 0 Å². The fraction of sp³-hybridized carbons (Fsp3) is 0.231. The Hall–Kier alpha value is -2.10. The number of hydrogen-bond donors (Lipinski definition) is 0. The summed E-state index contributed by atoms with van der Waals surface area (Å²) in [6.45, 7) is 4.53. The molecule has 0 atom stereocenters. The molecule has 0 spiro atoms. The second-order valence-electron chi connectivity index (χ2n) is 3.39. The maximum absolute atomic E-state index is 11.0. The van der Waals surface area contributed by atoms with Crippen molar-refractivity contribution in [3.8, 4) is 5.75 Å². The molecule has 0 bridgehead atoms. The van der Waals surface area contributed by atoms with Crippen LogP contribution in [-0.2, 0) is 20.7 Å². The van der Waals surface area contributed by atoms with E-state index in [1.54, 1.807) is 18.2 Å². The van der Waals surface area contributed by atoms with Gasteiger partial charge in [0.15, 0.2) is 6.61 Å². The molecule has 1 aromatic rings. The molecular weight excluding hydrogens is 220 g/mol. The number of hydrogen-bond acceptors (Lipinski definition) is 4. The van der Waals surface area contributed by atoms with E-state index in [1.165, 1.54) is 6.92 Å². The van der Waals surface area contributed by atoms with E-state index in [0.717, 1.165) is 12.0 Å². The van der Waals surface area contributed by atoms with Crippen LogP contribution < -0.4 is 4.74 Å². The van der Waals surface area contributed by atoms with Crippen LogP contribution in [0.4, 0.5) is 0 Å². The highest BCUT2D eigenvalue weighted by Gasteiger charge is 2.06. The van der Waals surface area contributed by atoms with Gasteiger partial charge < -0.3 is 9.47 Å². The van der Waals surface area contributed by atoms with Crippen LogP contribution in [0.3, 0.4) is 0 Å². The molecule has 1 rings (SSSR count). The first-order valence-electron chi connectivity index (χ1n) is 5.15. The van der Waals surface area contributed by atoms with Crippen LogP contribution in [-0.4, -0.2) is 18.5 Å².